The number of nitrogens with zero attached hydrogens (tertiary/aromatic N) is 2. The number of thiazole rings is 1. The molecule has 1 aromatic heterocycles. The molecule has 1 N–H and O–H groups in total. The van der Waals surface area contributed by atoms with Crippen molar-refractivity contribution in [2.75, 3.05) is 5.75 Å². The van der Waals surface area contributed by atoms with E-state index in [2.05, 4.69) is 10.3 Å². The number of thioether (sulfide) groups is 1. The minimum absolute atomic E-state index is 0.193. The summed E-state index contributed by atoms with van der Waals surface area (Å²) < 4.78 is 5.63. The Morgan fingerprint density at radius 2 is 1.97 bits per heavy atom. The van der Waals surface area contributed by atoms with Gasteiger partial charge >= 0.3 is 5.97 Å². The van der Waals surface area contributed by atoms with Gasteiger partial charge in [-0.1, -0.05) is 36.4 Å². The number of benzene rings is 1. The van der Waals surface area contributed by atoms with Crippen LogP contribution in [-0.2, 0) is 25.5 Å². The molecule has 0 spiro atoms. The fourth-order valence-corrected chi connectivity index (χ4v) is 5.75. The minimum atomic E-state index is -0.704. The number of carbonyl (C=O) groups excluding carboxylic acids is 3. The van der Waals surface area contributed by atoms with Gasteiger partial charge in [0.15, 0.2) is 0 Å². The molecule has 0 aliphatic carbocycles. The second kappa shape index (κ2) is 9.76. The minimum Gasteiger partial charge on any atom is -0.455 e. The van der Waals surface area contributed by atoms with E-state index in [0.717, 1.165) is 16.1 Å². The van der Waals surface area contributed by atoms with E-state index in [1.54, 1.807) is 26.3 Å². The average Bonchev–Trinajstić information content (AvgIpc) is 3.19. The first-order chi connectivity index (χ1) is 16.1. The summed E-state index contributed by atoms with van der Waals surface area (Å²) in [7, 11) is 0. The zero-order valence-electron chi connectivity index (χ0n) is 19.5. The van der Waals surface area contributed by atoms with Gasteiger partial charge in [0.05, 0.1) is 17.6 Å². The third kappa shape index (κ3) is 5.26. The number of hydrogen-bond acceptors (Lipinski definition) is 7. The SMILES string of the molecule is Cc1ncsc1C=CC1=C(C(=O)OC(C)(C)C)N2C(=O)C(NC(=O)Cc3ccccc3)[C@H]2SC1. The van der Waals surface area contributed by atoms with Crippen LogP contribution in [0.4, 0.5) is 0 Å². The molecular formula is C25H27N3O4S2. The lowest BCUT2D eigenvalue weighted by atomic mass is 10.0. The van der Waals surface area contributed by atoms with E-state index in [4.69, 9.17) is 4.74 Å². The topological polar surface area (TPSA) is 88.6 Å². The molecule has 3 heterocycles. The molecule has 178 valence electrons. The van der Waals surface area contributed by atoms with Crippen LogP contribution in [0.2, 0.25) is 0 Å². The van der Waals surface area contributed by atoms with E-state index in [1.807, 2.05) is 49.4 Å². The van der Waals surface area contributed by atoms with Crippen LogP contribution in [0.1, 0.15) is 36.9 Å². The predicted molar refractivity (Wildman–Crippen MR) is 134 cm³/mol. The zero-order chi connectivity index (χ0) is 24.5. The number of esters is 1. The molecule has 2 amide bonds. The third-order valence-electron chi connectivity index (χ3n) is 5.33. The quantitative estimate of drug-likeness (QED) is 0.484. The Kier molecular flexibility index (Phi) is 6.95. The Balaban J connectivity index is 1.55. The first kappa shape index (κ1) is 24.2. The van der Waals surface area contributed by atoms with Crippen molar-refractivity contribution >= 4 is 47.0 Å². The monoisotopic (exact) mass is 497 g/mol. The lowest BCUT2D eigenvalue weighted by molar-refractivity contribution is -0.158. The number of allylic oxidation sites excluding steroid dienone is 1. The number of ether oxygens (including phenoxy) is 1. The van der Waals surface area contributed by atoms with Crippen molar-refractivity contribution in [1.29, 1.82) is 0 Å². The molecule has 2 aliphatic rings. The number of aromatic nitrogens is 1. The number of nitrogens with one attached hydrogen (secondary N) is 1. The van der Waals surface area contributed by atoms with Crippen LogP contribution in [0.15, 0.2) is 53.2 Å². The van der Waals surface area contributed by atoms with Gasteiger partial charge in [0, 0.05) is 10.6 Å². The van der Waals surface area contributed by atoms with E-state index in [1.165, 1.54) is 28.0 Å². The highest BCUT2D eigenvalue weighted by Crippen LogP contribution is 2.41. The Labute approximate surface area is 207 Å². The van der Waals surface area contributed by atoms with Crippen molar-refractivity contribution in [3.8, 4) is 0 Å². The van der Waals surface area contributed by atoms with Crippen molar-refractivity contribution in [2.24, 2.45) is 0 Å². The van der Waals surface area contributed by atoms with Crippen molar-refractivity contribution in [2.45, 2.75) is 51.1 Å². The van der Waals surface area contributed by atoms with E-state index in [-0.39, 0.29) is 29.3 Å². The van der Waals surface area contributed by atoms with Crippen molar-refractivity contribution in [3.63, 3.8) is 0 Å². The van der Waals surface area contributed by atoms with Gasteiger partial charge in [0.25, 0.3) is 5.91 Å². The van der Waals surface area contributed by atoms with E-state index in [9.17, 15) is 14.4 Å². The molecule has 1 aromatic carbocycles. The summed E-state index contributed by atoms with van der Waals surface area (Å²) in [6, 6.07) is 8.70. The summed E-state index contributed by atoms with van der Waals surface area (Å²) in [6.07, 6.45) is 3.97. The maximum Gasteiger partial charge on any atom is 0.355 e. The summed E-state index contributed by atoms with van der Waals surface area (Å²) in [4.78, 5) is 45.5. The fourth-order valence-electron chi connectivity index (χ4n) is 3.74. The van der Waals surface area contributed by atoms with Gasteiger partial charge in [0.1, 0.15) is 22.7 Å². The number of amides is 2. The first-order valence-electron chi connectivity index (χ1n) is 11.0. The van der Waals surface area contributed by atoms with Crippen LogP contribution in [0, 0.1) is 6.92 Å². The Bertz CT molecular complexity index is 1160. The van der Waals surface area contributed by atoms with Crippen molar-refractivity contribution in [1.82, 2.24) is 15.2 Å². The molecular weight excluding hydrogens is 470 g/mol. The molecule has 7 nitrogen and oxygen atoms in total. The molecule has 0 bridgehead atoms. The highest BCUT2D eigenvalue weighted by atomic mass is 32.2. The van der Waals surface area contributed by atoms with Crippen LogP contribution in [0.5, 0.6) is 0 Å². The second-order valence-corrected chi connectivity index (χ2v) is 11.1. The first-order valence-corrected chi connectivity index (χ1v) is 12.9. The third-order valence-corrected chi connectivity index (χ3v) is 7.53. The van der Waals surface area contributed by atoms with Gasteiger partial charge in [0.2, 0.25) is 5.91 Å². The van der Waals surface area contributed by atoms with E-state index < -0.39 is 17.6 Å². The predicted octanol–water partition coefficient (Wildman–Crippen LogP) is 3.70. The lowest BCUT2D eigenvalue weighted by Crippen LogP contribution is -2.70. The smallest absolute Gasteiger partial charge is 0.355 e. The summed E-state index contributed by atoms with van der Waals surface area (Å²) in [6.45, 7) is 7.30. The second-order valence-electron chi connectivity index (χ2n) is 9.13. The molecule has 2 aliphatic heterocycles. The maximum atomic E-state index is 13.1. The molecule has 1 saturated heterocycles. The van der Waals surface area contributed by atoms with Crippen molar-refractivity contribution < 1.29 is 19.1 Å². The van der Waals surface area contributed by atoms with E-state index >= 15 is 0 Å². The summed E-state index contributed by atoms with van der Waals surface area (Å²) in [5.74, 6) is -0.554. The number of aryl methyl sites for hydroxylation is 1. The molecule has 34 heavy (non-hydrogen) atoms. The number of fused-ring (bicyclic) bond motifs is 1. The molecule has 9 heteroatoms. The Hall–Kier alpha value is -2.91. The largest absolute Gasteiger partial charge is 0.455 e. The highest BCUT2D eigenvalue weighted by Gasteiger charge is 2.54. The highest BCUT2D eigenvalue weighted by molar-refractivity contribution is 8.00. The molecule has 1 unspecified atom stereocenters. The van der Waals surface area contributed by atoms with Crippen LogP contribution < -0.4 is 5.32 Å². The molecule has 2 atom stereocenters. The van der Waals surface area contributed by atoms with Gasteiger partial charge in [-0.25, -0.2) is 9.78 Å². The molecule has 1 fully saturated rings. The fraction of sp³-hybridized carbons (Fsp3) is 0.360. The van der Waals surface area contributed by atoms with Gasteiger partial charge in [-0.2, -0.15) is 0 Å². The van der Waals surface area contributed by atoms with Gasteiger partial charge in [-0.3, -0.25) is 14.5 Å². The number of β-lactam (4-membered cyclic amide) rings is 1. The Morgan fingerprint density at radius 3 is 2.62 bits per heavy atom. The molecule has 0 saturated carbocycles. The molecule has 0 radical (unpaired) electrons. The summed E-state index contributed by atoms with van der Waals surface area (Å²) in [5, 5.41) is 2.50. The summed E-state index contributed by atoms with van der Waals surface area (Å²) >= 11 is 3.03. The normalized spacial score (nSPS) is 20.2. The van der Waals surface area contributed by atoms with Crippen molar-refractivity contribution in [3.05, 3.63) is 69.3 Å². The van der Waals surface area contributed by atoms with Gasteiger partial charge in [-0.05, 0) is 44.9 Å². The molecule has 4 rings (SSSR count). The summed E-state index contributed by atoms with van der Waals surface area (Å²) in [5.41, 5.74) is 3.81. The van der Waals surface area contributed by atoms with E-state index in [0.29, 0.717) is 11.3 Å². The Morgan fingerprint density at radius 1 is 1.24 bits per heavy atom. The van der Waals surface area contributed by atoms with Crippen LogP contribution >= 0.6 is 23.1 Å². The van der Waals surface area contributed by atoms with Crippen LogP contribution in [0.3, 0.4) is 0 Å². The maximum absolute atomic E-state index is 13.1. The number of carbonyl (C=O) groups is 3. The van der Waals surface area contributed by atoms with Gasteiger partial charge in [-0.15, -0.1) is 23.1 Å². The average molecular weight is 498 g/mol. The lowest BCUT2D eigenvalue weighted by Gasteiger charge is -2.49. The van der Waals surface area contributed by atoms with Crippen LogP contribution in [0.25, 0.3) is 6.08 Å². The number of rotatable bonds is 6. The van der Waals surface area contributed by atoms with Crippen LogP contribution in [-0.4, -0.2) is 50.4 Å². The zero-order valence-corrected chi connectivity index (χ0v) is 21.2. The van der Waals surface area contributed by atoms with Gasteiger partial charge < -0.3 is 10.1 Å². The standard InChI is InChI=1S/C25H27N3O4S2/c1-15-18(34-14-26-15)11-10-17-13-33-23-20(27-19(29)12-16-8-6-5-7-9-16)22(30)28(23)21(17)24(31)32-25(2,3)4/h5-11,14,20,23H,12-13H2,1-4H3,(H,27,29)/t20?,23-/m1/s1. The number of hydrogen-bond donors (Lipinski definition) is 1. The molecule has 2 aromatic rings.